The predicted molar refractivity (Wildman–Crippen MR) is 62.4 cm³/mol. The number of hydrogen-bond donors (Lipinski definition) is 1. The molecule has 0 bridgehead atoms. The highest BCUT2D eigenvalue weighted by Gasteiger charge is 2.06. The number of para-hydroxylation sites is 1. The molecule has 2 rings (SSSR count). The summed E-state index contributed by atoms with van der Waals surface area (Å²) in [6.45, 7) is 0.0484. The lowest BCUT2D eigenvalue weighted by molar-refractivity contribution is 0.0971. The Labute approximate surface area is 93.7 Å². The highest BCUT2D eigenvalue weighted by molar-refractivity contribution is 5.98. The third-order valence-corrected chi connectivity index (χ3v) is 2.47. The van der Waals surface area contributed by atoms with Gasteiger partial charge in [-0.3, -0.25) is 9.78 Å². The Bertz CT molecular complexity index is 508. The summed E-state index contributed by atoms with van der Waals surface area (Å²) in [5, 5.41) is 9.64. The number of nitrogens with zero attached hydrogens (tertiary/aromatic N) is 1. The van der Waals surface area contributed by atoms with E-state index in [9.17, 15) is 4.79 Å². The molecule has 0 saturated heterocycles. The summed E-state index contributed by atoms with van der Waals surface area (Å²) in [6.07, 6.45) is 2.48. The van der Waals surface area contributed by atoms with E-state index in [0.29, 0.717) is 18.4 Å². The quantitative estimate of drug-likeness (QED) is 0.795. The van der Waals surface area contributed by atoms with Crippen molar-refractivity contribution in [3.05, 3.63) is 42.1 Å². The lowest BCUT2D eigenvalue weighted by Crippen LogP contribution is -2.01. The monoisotopic (exact) mass is 215 g/mol. The molecule has 0 aliphatic rings. The number of benzene rings is 1. The van der Waals surface area contributed by atoms with Crippen LogP contribution in [0.15, 0.2) is 36.5 Å². The van der Waals surface area contributed by atoms with Crippen LogP contribution in [-0.4, -0.2) is 22.5 Å². The summed E-state index contributed by atoms with van der Waals surface area (Å²) < 4.78 is 0. The first-order chi connectivity index (χ1) is 7.81. The first-order valence-electron chi connectivity index (χ1n) is 5.30. The number of carbonyl (C=O) groups excluding carboxylic acids is 1. The molecule has 0 atom stereocenters. The molecule has 0 unspecified atom stereocenters. The first kappa shape index (κ1) is 10.8. The Balaban J connectivity index is 2.28. The van der Waals surface area contributed by atoms with Crippen molar-refractivity contribution in [1.82, 2.24) is 4.98 Å². The van der Waals surface area contributed by atoms with Gasteiger partial charge in [-0.2, -0.15) is 0 Å². The number of pyridine rings is 1. The van der Waals surface area contributed by atoms with Crippen LogP contribution in [0.1, 0.15) is 23.2 Å². The lowest BCUT2D eigenvalue weighted by atomic mass is 10.1. The van der Waals surface area contributed by atoms with Gasteiger partial charge in [0.25, 0.3) is 0 Å². The smallest absolute Gasteiger partial charge is 0.164 e. The Hall–Kier alpha value is -1.74. The third-order valence-electron chi connectivity index (χ3n) is 2.47. The van der Waals surface area contributed by atoms with E-state index in [2.05, 4.69) is 4.98 Å². The second-order valence-electron chi connectivity index (χ2n) is 3.67. The van der Waals surface area contributed by atoms with Crippen molar-refractivity contribution in [2.75, 3.05) is 6.61 Å². The normalized spacial score (nSPS) is 10.6. The number of fused-ring (bicyclic) bond motifs is 1. The number of rotatable bonds is 4. The van der Waals surface area contributed by atoms with Crippen molar-refractivity contribution in [1.29, 1.82) is 0 Å². The van der Waals surface area contributed by atoms with E-state index < -0.39 is 0 Å². The molecule has 16 heavy (non-hydrogen) atoms. The molecule has 0 saturated carbocycles. The van der Waals surface area contributed by atoms with Crippen LogP contribution < -0.4 is 0 Å². The van der Waals surface area contributed by atoms with Crippen LogP contribution in [0, 0.1) is 0 Å². The predicted octanol–water partition coefficient (Wildman–Crippen LogP) is 2.19. The maximum absolute atomic E-state index is 11.7. The number of carbonyl (C=O) groups is 1. The van der Waals surface area contributed by atoms with Crippen LogP contribution >= 0.6 is 0 Å². The summed E-state index contributed by atoms with van der Waals surface area (Å²) in [6, 6.07) is 9.54. The van der Waals surface area contributed by atoms with Crippen LogP contribution in [0.5, 0.6) is 0 Å². The van der Waals surface area contributed by atoms with Crippen LogP contribution in [0.2, 0.25) is 0 Å². The zero-order valence-electron chi connectivity index (χ0n) is 8.89. The van der Waals surface area contributed by atoms with Gasteiger partial charge in [0.15, 0.2) is 5.78 Å². The molecular weight excluding hydrogens is 202 g/mol. The van der Waals surface area contributed by atoms with Crippen molar-refractivity contribution < 1.29 is 9.90 Å². The topological polar surface area (TPSA) is 50.2 Å². The minimum atomic E-state index is 0.0345. The highest BCUT2D eigenvalue weighted by Crippen LogP contribution is 2.14. The summed E-state index contributed by atoms with van der Waals surface area (Å²) in [5.41, 5.74) is 1.51. The summed E-state index contributed by atoms with van der Waals surface area (Å²) in [7, 11) is 0. The Morgan fingerprint density at radius 1 is 1.31 bits per heavy atom. The van der Waals surface area contributed by atoms with Crippen molar-refractivity contribution in [2.24, 2.45) is 0 Å². The number of hydrogen-bond acceptors (Lipinski definition) is 3. The average molecular weight is 215 g/mol. The van der Waals surface area contributed by atoms with E-state index in [-0.39, 0.29) is 12.4 Å². The van der Waals surface area contributed by atoms with Gasteiger partial charge in [0.1, 0.15) is 0 Å². The highest BCUT2D eigenvalue weighted by atomic mass is 16.3. The summed E-state index contributed by atoms with van der Waals surface area (Å²) in [4.78, 5) is 15.9. The van der Waals surface area contributed by atoms with E-state index in [1.54, 1.807) is 6.20 Å². The van der Waals surface area contributed by atoms with Crippen molar-refractivity contribution in [3.63, 3.8) is 0 Å². The molecule has 3 nitrogen and oxygen atoms in total. The maximum Gasteiger partial charge on any atom is 0.164 e. The van der Waals surface area contributed by atoms with Gasteiger partial charge in [0, 0.05) is 30.2 Å². The fraction of sp³-hybridized carbons (Fsp3) is 0.231. The zero-order valence-corrected chi connectivity index (χ0v) is 8.89. The minimum absolute atomic E-state index is 0.0345. The lowest BCUT2D eigenvalue weighted by Gasteiger charge is -2.01. The molecule has 1 heterocycles. The number of aromatic nitrogens is 1. The number of aliphatic hydroxyl groups excluding tert-OH is 1. The molecule has 2 aromatic rings. The first-order valence-corrected chi connectivity index (χ1v) is 5.30. The van der Waals surface area contributed by atoms with Gasteiger partial charge in [-0.25, -0.2) is 0 Å². The molecule has 0 spiro atoms. The molecule has 0 aliphatic heterocycles. The van der Waals surface area contributed by atoms with Crippen LogP contribution in [0.3, 0.4) is 0 Å². The zero-order chi connectivity index (χ0) is 11.4. The third kappa shape index (κ3) is 2.25. The molecule has 1 aromatic carbocycles. The number of Topliss-reactive ketones (excluding diaryl/α,β-unsaturated/α-hetero) is 1. The molecule has 0 fully saturated rings. The second-order valence-corrected chi connectivity index (χ2v) is 3.67. The second kappa shape index (κ2) is 4.86. The van der Waals surface area contributed by atoms with Crippen LogP contribution in [0.25, 0.3) is 10.9 Å². The van der Waals surface area contributed by atoms with Crippen LogP contribution in [-0.2, 0) is 0 Å². The van der Waals surface area contributed by atoms with Crippen LogP contribution in [0.4, 0.5) is 0 Å². The van der Waals surface area contributed by atoms with Gasteiger partial charge in [-0.1, -0.05) is 18.2 Å². The van der Waals surface area contributed by atoms with Gasteiger partial charge >= 0.3 is 0 Å². The van der Waals surface area contributed by atoms with Crippen molar-refractivity contribution in [2.45, 2.75) is 12.8 Å². The minimum Gasteiger partial charge on any atom is -0.396 e. The molecule has 82 valence electrons. The SMILES string of the molecule is O=C(CCCO)c1cnc2ccccc2c1. The van der Waals surface area contributed by atoms with E-state index in [1.807, 2.05) is 30.3 Å². The molecule has 1 N–H and O–H groups in total. The van der Waals surface area contributed by atoms with Gasteiger partial charge in [-0.15, -0.1) is 0 Å². The Morgan fingerprint density at radius 2 is 2.12 bits per heavy atom. The summed E-state index contributed by atoms with van der Waals surface area (Å²) >= 11 is 0. The summed E-state index contributed by atoms with van der Waals surface area (Å²) in [5.74, 6) is 0.0345. The standard InChI is InChI=1S/C13H13NO2/c15-7-3-6-13(16)11-8-10-4-1-2-5-12(10)14-9-11/h1-2,4-5,8-9,15H,3,6-7H2. The molecule has 0 aliphatic carbocycles. The fourth-order valence-electron chi connectivity index (χ4n) is 1.61. The van der Waals surface area contributed by atoms with E-state index in [4.69, 9.17) is 5.11 Å². The molecule has 0 amide bonds. The van der Waals surface area contributed by atoms with Gasteiger partial charge in [0.2, 0.25) is 0 Å². The maximum atomic E-state index is 11.7. The van der Waals surface area contributed by atoms with E-state index in [1.165, 1.54) is 0 Å². The Morgan fingerprint density at radius 3 is 2.94 bits per heavy atom. The largest absolute Gasteiger partial charge is 0.396 e. The van der Waals surface area contributed by atoms with Gasteiger partial charge in [0.05, 0.1) is 5.52 Å². The van der Waals surface area contributed by atoms with Crippen molar-refractivity contribution >= 4 is 16.7 Å². The van der Waals surface area contributed by atoms with E-state index >= 15 is 0 Å². The number of ketones is 1. The van der Waals surface area contributed by atoms with Gasteiger partial charge in [-0.05, 0) is 18.6 Å². The van der Waals surface area contributed by atoms with Gasteiger partial charge < -0.3 is 5.11 Å². The molecule has 1 aromatic heterocycles. The average Bonchev–Trinajstić information content (AvgIpc) is 2.35. The molecule has 3 heteroatoms. The number of aliphatic hydroxyl groups is 1. The molecular formula is C13H13NO2. The fourth-order valence-corrected chi connectivity index (χ4v) is 1.61. The van der Waals surface area contributed by atoms with Crippen molar-refractivity contribution in [3.8, 4) is 0 Å². The molecule has 0 radical (unpaired) electrons. The Kier molecular flexibility index (Phi) is 3.27. The van der Waals surface area contributed by atoms with E-state index in [0.717, 1.165) is 10.9 Å².